The Morgan fingerprint density at radius 3 is 3.19 bits per heavy atom. The van der Waals surface area contributed by atoms with Gasteiger partial charge in [0.05, 0.1) is 5.69 Å². The normalized spacial score (nSPS) is 21.1. The Morgan fingerprint density at radius 1 is 1.38 bits per heavy atom. The van der Waals surface area contributed by atoms with Gasteiger partial charge in [0.15, 0.2) is 0 Å². The van der Waals surface area contributed by atoms with Crippen LogP contribution >= 0.6 is 0 Å². The molecule has 0 saturated heterocycles. The Hall–Kier alpha value is -1.64. The van der Waals surface area contributed by atoms with E-state index in [0.717, 1.165) is 23.1 Å². The van der Waals surface area contributed by atoms with Crippen LogP contribution in [-0.4, -0.2) is 15.0 Å². The molecule has 16 heavy (non-hydrogen) atoms. The molecule has 0 aliphatic heterocycles. The molecule has 1 aliphatic rings. The SMILES string of the molecule is CC1C=C(c2ncnc3[nH]ccc23)CCC1. The van der Waals surface area contributed by atoms with Crippen molar-refractivity contribution in [2.45, 2.75) is 26.2 Å². The summed E-state index contributed by atoms with van der Waals surface area (Å²) in [5.41, 5.74) is 3.42. The van der Waals surface area contributed by atoms with Crippen LogP contribution in [0.2, 0.25) is 0 Å². The van der Waals surface area contributed by atoms with Crippen LogP contribution in [0.25, 0.3) is 16.6 Å². The van der Waals surface area contributed by atoms with E-state index in [1.165, 1.54) is 18.4 Å². The van der Waals surface area contributed by atoms with E-state index < -0.39 is 0 Å². The predicted octanol–water partition coefficient (Wildman–Crippen LogP) is 3.16. The van der Waals surface area contributed by atoms with Gasteiger partial charge in [0.25, 0.3) is 0 Å². The van der Waals surface area contributed by atoms with E-state index in [4.69, 9.17) is 0 Å². The summed E-state index contributed by atoms with van der Waals surface area (Å²) in [4.78, 5) is 11.8. The molecule has 0 amide bonds. The van der Waals surface area contributed by atoms with Crippen molar-refractivity contribution in [2.75, 3.05) is 0 Å². The van der Waals surface area contributed by atoms with Gasteiger partial charge in [0, 0.05) is 11.6 Å². The maximum atomic E-state index is 4.44. The molecule has 2 aromatic rings. The molecule has 3 nitrogen and oxygen atoms in total. The maximum absolute atomic E-state index is 4.44. The quantitative estimate of drug-likeness (QED) is 0.790. The number of nitrogens with zero attached hydrogens (tertiary/aromatic N) is 2. The number of rotatable bonds is 1. The fourth-order valence-electron chi connectivity index (χ4n) is 2.45. The summed E-state index contributed by atoms with van der Waals surface area (Å²) in [6.07, 6.45) is 9.64. The van der Waals surface area contributed by atoms with Crippen LogP contribution < -0.4 is 0 Å². The molecule has 1 unspecified atom stereocenters. The van der Waals surface area contributed by atoms with Crippen molar-refractivity contribution in [3.8, 4) is 0 Å². The minimum Gasteiger partial charge on any atom is -0.346 e. The molecule has 0 spiro atoms. The van der Waals surface area contributed by atoms with E-state index in [0.29, 0.717) is 5.92 Å². The number of aromatic amines is 1. The molecule has 0 bridgehead atoms. The summed E-state index contributed by atoms with van der Waals surface area (Å²) in [5, 5.41) is 1.14. The number of hydrogen-bond acceptors (Lipinski definition) is 2. The van der Waals surface area contributed by atoms with Gasteiger partial charge < -0.3 is 4.98 Å². The van der Waals surface area contributed by atoms with Crippen molar-refractivity contribution in [2.24, 2.45) is 5.92 Å². The van der Waals surface area contributed by atoms with Gasteiger partial charge in [0.2, 0.25) is 0 Å². The number of nitrogens with one attached hydrogen (secondary N) is 1. The first-order valence-electron chi connectivity index (χ1n) is 5.84. The lowest BCUT2D eigenvalue weighted by molar-refractivity contribution is 0.592. The third-order valence-electron chi connectivity index (χ3n) is 3.25. The van der Waals surface area contributed by atoms with Crippen LogP contribution in [0.3, 0.4) is 0 Å². The molecule has 1 N–H and O–H groups in total. The first-order chi connectivity index (χ1) is 7.84. The topological polar surface area (TPSA) is 41.6 Å². The van der Waals surface area contributed by atoms with Crippen molar-refractivity contribution in [1.82, 2.24) is 15.0 Å². The summed E-state index contributed by atoms with van der Waals surface area (Å²) in [5.74, 6) is 0.674. The second kappa shape index (κ2) is 3.74. The lowest BCUT2D eigenvalue weighted by Gasteiger charge is -2.17. The molecular weight excluding hydrogens is 198 g/mol. The van der Waals surface area contributed by atoms with Crippen LogP contribution in [-0.2, 0) is 0 Å². The van der Waals surface area contributed by atoms with E-state index in [1.54, 1.807) is 6.33 Å². The Balaban J connectivity index is 2.14. The van der Waals surface area contributed by atoms with E-state index in [1.807, 2.05) is 6.20 Å². The molecule has 0 fully saturated rings. The molecule has 0 aromatic carbocycles. The average molecular weight is 213 g/mol. The van der Waals surface area contributed by atoms with Crippen LogP contribution in [0, 0.1) is 5.92 Å². The second-order valence-electron chi connectivity index (χ2n) is 4.52. The zero-order chi connectivity index (χ0) is 11.0. The molecular formula is C13H15N3. The highest BCUT2D eigenvalue weighted by Gasteiger charge is 2.14. The van der Waals surface area contributed by atoms with Gasteiger partial charge in [-0.15, -0.1) is 0 Å². The van der Waals surface area contributed by atoms with Gasteiger partial charge in [0.1, 0.15) is 12.0 Å². The highest BCUT2D eigenvalue weighted by molar-refractivity contribution is 5.88. The number of hydrogen-bond donors (Lipinski definition) is 1. The van der Waals surface area contributed by atoms with E-state index in [2.05, 4.69) is 34.0 Å². The Morgan fingerprint density at radius 2 is 2.31 bits per heavy atom. The number of H-pyrrole nitrogens is 1. The minimum atomic E-state index is 0.674. The largest absolute Gasteiger partial charge is 0.346 e. The maximum Gasteiger partial charge on any atom is 0.141 e. The molecule has 3 rings (SSSR count). The molecule has 1 aliphatic carbocycles. The van der Waals surface area contributed by atoms with Gasteiger partial charge in [-0.2, -0.15) is 0 Å². The molecule has 2 heterocycles. The number of fused-ring (bicyclic) bond motifs is 1. The van der Waals surface area contributed by atoms with Crippen LogP contribution in [0.1, 0.15) is 31.9 Å². The van der Waals surface area contributed by atoms with Crippen molar-refractivity contribution >= 4 is 16.6 Å². The van der Waals surface area contributed by atoms with E-state index in [-0.39, 0.29) is 0 Å². The second-order valence-corrected chi connectivity index (χ2v) is 4.52. The average Bonchev–Trinajstić information content (AvgIpc) is 2.76. The van der Waals surface area contributed by atoms with Gasteiger partial charge >= 0.3 is 0 Å². The lowest BCUT2D eigenvalue weighted by Crippen LogP contribution is -2.02. The molecule has 0 radical (unpaired) electrons. The van der Waals surface area contributed by atoms with Crippen molar-refractivity contribution in [3.63, 3.8) is 0 Å². The van der Waals surface area contributed by atoms with Crippen LogP contribution in [0.4, 0.5) is 0 Å². The van der Waals surface area contributed by atoms with Crippen LogP contribution in [0.5, 0.6) is 0 Å². The summed E-state index contributed by atoms with van der Waals surface area (Å²) in [7, 11) is 0. The molecule has 0 saturated carbocycles. The van der Waals surface area contributed by atoms with Gasteiger partial charge in [-0.05, 0) is 36.8 Å². The fourth-order valence-corrected chi connectivity index (χ4v) is 2.45. The van der Waals surface area contributed by atoms with Crippen molar-refractivity contribution < 1.29 is 0 Å². The Kier molecular flexibility index (Phi) is 2.24. The third kappa shape index (κ3) is 1.52. The summed E-state index contributed by atoms with van der Waals surface area (Å²) in [6, 6.07) is 2.06. The number of aromatic nitrogens is 3. The molecule has 2 aromatic heterocycles. The Bertz CT molecular complexity index is 539. The Labute approximate surface area is 94.6 Å². The molecule has 82 valence electrons. The fraction of sp³-hybridized carbons (Fsp3) is 0.385. The first-order valence-corrected chi connectivity index (χ1v) is 5.84. The van der Waals surface area contributed by atoms with E-state index in [9.17, 15) is 0 Å². The first kappa shape index (κ1) is 9.58. The van der Waals surface area contributed by atoms with Crippen molar-refractivity contribution in [3.05, 3.63) is 30.4 Å². The zero-order valence-corrected chi connectivity index (χ0v) is 9.40. The van der Waals surface area contributed by atoms with Gasteiger partial charge in [-0.25, -0.2) is 9.97 Å². The van der Waals surface area contributed by atoms with E-state index >= 15 is 0 Å². The summed E-state index contributed by atoms with van der Waals surface area (Å²) in [6.45, 7) is 2.27. The summed E-state index contributed by atoms with van der Waals surface area (Å²) < 4.78 is 0. The molecule has 3 heteroatoms. The molecule has 1 atom stereocenters. The van der Waals surface area contributed by atoms with Gasteiger partial charge in [-0.1, -0.05) is 13.0 Å². The van der Waals surface area contributed by atoms with Gasteiger partial charge in [-0.3, -0.25) is 0 Å². The zero-order valence-electron chi connectivity index (χ0n) is 9.40. The lowest BCUT2D eigenvalue weighted by atomic mass is 9.89. The number of allylic oxidation sites excluding steroid dienone is 2. The van der Waals surface area contributed by atoms with Crippen LogP contribution in [0.15, 0.2) is 24.7 Å². The highest BCUT2D eigenvalue weighted by atomic mass is 14.9. The standard InChI is InChI=1S/C13H15N3/c1-9-3-2-4-10(7-9)12-11-5-6-14-13(11)16-8-15-12/h5-9H,2-4H2,1H3,(H,14,15,16). The van der Waals surface area contributed by atoms with Crippen molar-refractivity contribution in [1.29, 1.82) is 0 Å². The third-order valence-corrected chi connectivity index (χ3v) is 3.25. The summed E-state index contributed by atoms with van der Waals surface area (Å²) >= 11 is 0. The minimum absolute atomic E-state index is 0.674. The smallest absolute Gasteiger partial charge is 0.141 e. The predicted molar refractivity (Wildman–Crippen MR) is 64.9 cm³/mol. The highest BCUT2D eigenvalue weighted by Crippen LogP contribution is 2.31. The monoisotopic (exact) mass is 213 g/mol.